The van der Waals surface area contributed by atoms with Crippen LogP contribution < -0.4 is 10.1 Å². The second-order valence-electron chi connectivity index (χ2n) is 10.4. The number of aliphatic hydroxyl groups excluding tert-OH is 1. The standard InChI is InChI=1S/C28H32N2O5/c31-16-25-28-23(22-12-20(7-8-24(22)35-28)29-26(32)11-17-5-6-17)13-21(34-25)14-27(33)30-10-9-18-3-1-2-4-19(18)15-30/h1-4,7-8,12,17,21,23,25,28,31H,5-6,9-11,13-16H2,(H,29,32)/t21-,23+,25-,28-/m1/s1. The molecule has 0 aromatic heterocycles. The summed E-state index contributed by atoms with van der Waals surface area (Å²) in [7, 11) is 0. The summed E-state index contributed by atoms with van der Waals surface area (Å²) in [5, 5.41) is 13.1. The Labute approximate surface area is 205 Å². The lowest BCUT2D eigenvalue weighted by molar-refractivity contribution is -0.149. The van der Waals surface area contributed by atoms with E-state index < -0.39 is 6.10 Å². The predicted molar refractivity (Wildman–Crippen MR) is 130 cm³/mol. The van der Waals surface area contributed by atoms with E-state index in [1.165, 1.54) is 11.1 Å². The molecule has 2 aromatic carbocycles. The fourth-order valence-corrected chi connectivity index (χ4v) is 5.80. The fourth-order valence-electron chi connectivity index (χ4n) is 5.80. The van der Waals surface area contributed by atoms with Crippen molar-refractivity contribution in [2.24, 2.45) is 5.92 Å². The number of amides is 2. The minimum atomic E-state index is -0.492. The highest BCUT2D eigenvalue weighted by atomic mass is 16.6. The molecule has 4 atom stereocenters. The van der Waals surface area contributed by atoms with Crippen LogP contribution in [0, 0.1) is 5.92 Å². The molecule has 2 fully saturated rings. The number of hydrogen-bond donors (Lipinski definition) is 2. The second-order valence-corrected chi connectivity index (χ2v) is 10.4. The maximum absolute atomic E-state index is 13.2. The average molecular weight is 477 g/mol. The summed E-state index contributed by atoms with van der Waals surface area (Å²) in [6.45, 7) is 1.18. The summed E-state index contributed by atoms with van der Waals surface area (Å²) in [6.07, 6.45) is 3.58. The number of carbonyl (C=O) groups is 2. The quantitative estimate of drug-likeness (QED) is 0.667. The first-order valence-electron chi connectivity index (χ1n) is 12.8. The Morgan fingerprint density at radius 3 is 2.71 bits per heavy atom. The van der Waals surface area contributed by atoms with Crippen molar-refractivity contribution in [1.82, 2.24) is 4.90 Å². The third-order valence-electron chi connectivity index (χ3n) is 7.84. The van der Waals surface area contributed by atoms with Gasteiger partial charge in [-0.15, -0.1) is 0 Å². The highest BCUT2D eigenvalue weighted by molar-refractivity contribution is 5.91. The number of benzene rings is 2. The summed E-state index contributed by atoms with van der Waals surface area (Å²) in [6, 6.07) is 14.0. The van der Waals surface area contributed by atoms with Crippen molar-refractivity contribution in [3.05, 3.63) is 59.2 Å². The number of carbonyl (C=O) groups excluding carboxylic acids is 2. The molecule has 3 heterocycles. The Bertz CT molecular complexity index is 1130. The normalized spacial score (nSPS) is 26.8. The van der Waals surface area contributed by atoms with E-state index in [9.17, 15) is 14.7 Å². The zero-order valence-corrected chi connectivity index (χ0v) is 19.8. The largest absolute Gasteiger partial charge is 0.487 e. The van der Waals surface area contributed by atoms with Gasteiger partial charge in [-0.3, -0.25) is 9.59 Å². The van der Waals surface area contributed by atoms with E-state index >= 15 is 0 Å². The molecule has 184 valence electrons. The van der Waals surface area contributed by atoms with Gasteiger partial charge in [0, 0.05) is 36.7 Å². The molecule has 1 aliphatic carbocycles. The van der Waals surface area contributed by atoms with Crippen molar-refractivity contribution in [3.63, 3.8) is 0 Å². The van der Waals surface area contributed by atoms with Crippen LogP contribution in [0.15, 0.2) is 42.5 Å². The second kappa shape index (κ2) is 9.28. The lowest BCUT2D eigenvalue weighted by atomic mass is 9.84. The van der Waals surface area contributed by atoms with Gasteiger partial charge in [0.15, 0.2) is 0 Å². The van der Waals surface area contributed by atoms with E-state index in [-0.39, 0.29) is 43.0 Å². The molecule has 2 amide bonds. The molecule has 0 unspecified atom stereocenters. The SMILES string of the molecule is O=C(CC1CC1)Nc1ccc2c(c1)[C@@H]1C[C@H](CC(=O)N3CCc4ccccc4C3)O[C@H](CO)[C@@H]1O2. The zero-order chi connectivity index (χ0) is 23.9. The smallest absolute Gasteiger partial charge is 0.225 e. The van der Waals surface area contributed by atoms with Crippen molar-refractivity contribution in [2.45, 2.75) is 69.3 Å². The van der Waals surface area contributed by atoms with Gasteiger partial charge in [0.05, 0.1) is 19.1 Å². The molecule has 0 spiro atoms. The van der Waals surface area contributed by atoms with Gasteiger partial charge in [-0.05, 0) is 60.9 Å². The molecule has 7 nitrogen and oxygen atoms in total. The molecule has 2 N–H and O–H groups in total. The minimum Gasteiger partial charge on any atom is -0.487 e. The van der Waals surface area contributed by atoms with Crippen molar-refractivity contribution < 1.29 is 24.2 Å². The van der Waals surface area contributed by atoms with E-state index in [0.29, 0.717) is 31.8 Å². The van der Waals surface area contributed by atoms with Gasteiger partial charge in [0.1, 0.15) is 18.0 Å². The number of hydrogen-bond acceptors (Lipinski definition) is 5. The van der Waals surface area contributed by atoms with Gasteiger partial charge in [-0.1, -0.05) is 24.3 Å². The van der Waals surface area contributed by atoms with E-state index in [1.54, 1.807) is 0 Å². The average Bonchev–Trinajstić information content (AvgIpc) is 3.61. The van der Waals surface area contributed by atoms with E-state index in [2.05, 4.69) is 17.4 Å². The predicted octanol–water partition coefficient (Wildman–Crippen LogP) is 3.39. The molecule has 0 bridgehead atoms. The van der Waals surface area contributed by atoms with Crippen LogP contribution in [0.4, 0.5) is 5.69 Å². The zero-order valence-electron chi connectivity index (χ0n) is 19.8. The Morgan fingerprint density at radius 1 is 1.09 bits per heavy atom. The van der Waals surface area contributed by atoms with Gasteiger partial charge < -0.3 is 24.8 Å². The number of nitrogens with zero attached hydrogens (tertiary/aromatic N) is 1. The molecule has 2 aromatic rings. The van der Waals surface area contributed by atoms with Crippen LogP contribution in [0.2, 0.25) is 0 Å². The third kappa shape index (κ3) is 4.67. The van der Waals surface area contributed by atoms with Gasteiger partial charge >= 0.3 is 0 Å². The summed E-state index contributed by atoms with van der Waals surface area (Å²) < 4.78 is 12.3. The molecule has 3 aliphatic heterocycles. The Kier molecular flexibility index (Phi) is 5.98. The summed E-state index contributed by atoms with van der Waals surface area (Å²) in [4.78, 5) is 27.4. The lowest BCUT2D eigenvalue weighted by Gasteiger charge is -2.38. The number of nitrogens with one attached hydrogen (secondary N) is 1. The molecule has 1 saturated carbocycles. The number of anilines is 1. The summed E-state index contributed by atoms with van der Waals surface area (Å²) >= 11 is 0. The Hall–Kier alpha value is -2.90. The molecule has 0 radical (unpaired) electrons. The van der Waals surface area contributed by atoms with E-state index in [1.807, 2.05) is 35.2 Å². The molecule has 6 rings (SSSR count). The lowest BCUT2D eigenvalue weighted by Crippen LogP contribution is -2.48. The topological polar surface area (TPSA) is 88.1 Å². The highest BCUT2D eigenvalue weighted by Gasteiger charge is 2.46. The minimum absolute atomic E-state index is 0.0102. The molecule has 7 heteroatoms. The van der Waals surface area contributed by atoms with Gasteiger partial charge in [0.25, 0.3) is 0 Å². The number of ether oxygens (including phenoxy) is 2. The fraction of sp³-hybridized carbons (Fsp3) is 0.500. The van der Waals surface area contributed by atoms with E-state index in [0.717, 1.165) is 36.3 Å². The van der Waals surface area contributed by atoms with Crippen LogP contribution in [0.3, 0.4) is 0 Å². The van der Waals surface area contributed by atoms with Crippen LogP contribution in [-0.2, 0) is 27.3 Å². The Balaban J connectivity index is 1.14. The molecule has 35 heavy (non-hydrogen) atoms. The number of rotatable bonds is 6. The van der Waals surface area contributed by atoms with Crippen LogP contribution >= 0.6 is 0 Å². The first-order valence-corrected chi connectivity index (χ1v) is 12.8. The molecule has 1 saturated heterocycles. The van der Waals surface area contributed by atoms with Crippen LogP contribution in [0.5, 0.6) is 5.75 Å². The van der Waals surface area contributed by atoms with Crippen molar-refractivity contribution >= 4 is 17.5 Å². The summed E-state index contributed by atoms with van der Waals surface area (Å²) in [5.41, 5.74) is 4.31. The first-order chi connectivity index (χ1) is 17.1. The first kappa shape index (κ1) is 22.6. The van der Waals surface area contributed by atoms with Crippen molar-refractivity contribution in [3.8, 4) is 5.75 Å². The van der Waals surface area contributed by atoms with Gasteiger partial charge in [-0.25, -0.2) is 0 Å². The number of fused-ring (bicyclic) bond motifs is 4. The van der Waals surface area contributed by atoms with Crippen LogP contribution in [0.25, 0.3) is 0 Å². The maximum Gasteiger partial charge on any atom is 0.225 e. The molecule has 4 aliphatic rings. The summed E-state index contributed by atoms with van der Waals surface area (Å²) in [5.74, 6) is 1.44. The maximum atomic E-state index is 13.2. The monoisotopic (exact) mass is 476 g/mol. The van der Waals surface area contributed by atoms with E-state index in [4.69, 9.17) is 9.47 Å². The highest BCUT2D eigenvalue weighted by Crippen LogP contribution is 2.47. The van der Waals surface area contributed by atoms with Gasteiger partial charge in [-0.2, -0.15) is 0 Å². The number of aliphatic hydroxyl groups is 1. The van der Waals surface area contributed by atoms with Crippen LogP contribution in [0.1, 0.15) is 54.7 Å². The molecular weight excluding hydrogens is 444 g/mol. The van der Waals surface area contributed by atoms with Crippen LogP contribution in [-0.4, -0.2) is 53.3 Å². The van der Waals surface area contributed by atoms with Crippen molar-refractivity contribution in [2.75, 3.05) is 18.5 Å². The molecular formula is C28H32N2O5. The Morgan fingerprint density at radius 2 is 1.91 bits per heavy atom. The van der Waals surface area contributed by atoms with Crippen molar-refractivity contribution in [1.29, 1.82) is 0 Å². The third-order valence-corrected chi connectivity index (χ3v) is 7.84. The van der Waals surface area contributed by atoms with Gasteiger partial charge in [0.2, 0.25) is 11.8 Å².